The van der Waals surface area contributed by atoms with Crippen molar-refractivity contribution in [1.82, 2.24) is 9.97 Å². The molecule has 21 heavy (non-hydrogen) atoms. The van der Waals surface area contributed by atoms with E-state index in [9.17, 15) is 15.3 Å². The number of rotatable bonds is 4. The molecule has 1 fully saturated rings. The number of nitrogens with zero attached hydrogens (tertiary/aromatic N) is 3. The average Bonchev–Trinajstić information content (AvgIpc) is 2.48. The number of nitrogens with one attached hydrogen (secondary N) is 1. The molecule has 0 spiro atoms. The van der Waals surface area contributed by atoms with E-state index in [1.165, 1.54) is 6.33 Å². The summed E-state index contributed by atoms with van der Waals surface area (Å²) < 4.78 is 5.34. The lowest BCUT2D eigenvalue weighted by atomic mass is 9.98. The van der Waals surface area contributed by atoms with Crippen molar-refractivity contribution in [2.24, 2.45) is 0 Å². The zero-order valence-corrected chi connectivity index (χ0v) is 11.8. The summed E-state index contributed by atoms with van der Waals surface area (Å²) in [4.78, 5) is 9.83. The van der Waals surface area contributed by atoms with Crippen molar-refractivity contribution < 1.29 is 25.2 Å². The molecule has 9 nitrogen and oxygen atoms in total. The Kier molecular flexibility index (Phi) is 4.91. The Hall–Kier alpha value is -1.52. The summed E-state index contributed by atoms with van der Waals surface area (Å²) in [5, 5.41) is 41.3. The number of anilines is 2. The highest BCUT2D eigenvalue weighted by Gasteiger charge is 2.43. The van der Waals surface area contributed by atoms with Crippen molar-refractivity contribution >= 4 is 11.6 Å². The molecule has 118 valence electrons. The van der Waals surface area contributed by atoms with Gasteiger partial charge in [-0.15, -0.1) is 0 Å². The third kappa shape index (κ3) is 3.39. The van der Waals surface area contributed by atoms with Crippen molar-refractivity contribution in [3.05, 3.63) is 12.4 Å². The predicted molar refractivity (Wildman–Crippen MR) is 73.7 cm³/mol. The molecule has 5 atom stereocenters. The number of hydrogen-bond acceptors (Lipinski definition) is 9. The SMILES string of the molecule is CN(C)c1cc(N[C@@H]2O[C@H](CO)[C@@H](O)[C@H](O)[C@H]2O)ncn1. The van der Waals surface area contributed by atoms with Crippen LogP contribution in [0.5, 0.6) is 0 Å². The van der Waals surface area contributed by atoms with E-state index in [2.05, 4.69) is 15.3 Å². The standard InChI is InChI=1S/C12H20N4O5/c1-16(2)8-3-7(13-5-14-8)15-12-11(20)10(19)9(18)6(4-17)21-12/h3,5-6,9-12,17-20H,4H2,1-2H3,(H,13,14,15)/t6-,9-,10+,11-,12-/m1/s1. The molecule has 1 saturated heterocycles. The highest BCUT2D eigenvalue weighted by Crippen LogP contribution is 2.22. The molecule has 1 aromatic rings. The van der Waals surface area contributed by atoms with Crippen LogP contribution in [0.1, 0.15) is 0 Å². The maximum atomic E-state index is 9.93. The van der Waals surface area contributed by atoms with Gasteiger partial charge in [-0.2, -0.15) is 0 Å². The molecule has 5 N–H and O–H groups in total. The van der Waals surface area contributed by atoms with E-state index in [1.807, 2.05) is 14.1 Å². The molecule has 0 saturated carbocycles. The number of aliphatic hydroxyl groups is 4. The Bertz CT molecular complexity index is 473. The minimum Gasteiger partial charge on any atom is -0.394 e. The molecular formula is C12H20N4O5. The van der Waals surface area contributed by atoms with Crippen LogP contribution in [-0.2, 0) is 4.74 Å². The van der Waals surface area contributed by atoms with E-state index >= 15 is 0 Å². The summed E-state index contributed by atoms with van der Waals surface area (Å²) in [7, 11) is 3.64. The van der Waals surface area contributed by atoms with E-state index in [-0.39, 0.29) is 0 Å². The molecule has 0 aromatic carbocycles. The van der Waals surface area contributed by atoms with Crippen molar-refractivity contribution in [2.75, 3.05) is 30.9 Å². The lowest BCUT2D eigenvalue weighted by molar-refractivity contribution is -0.221. The Labute approximate surface area is 121 Å². The average molecular weight is 300 g/mol. The van der Waals surface area contributed by atoms with Gasteiger partial charge < -0.3 is 35.4 Å². The number of aromatic nitrogens is 2. The number of aliphatic hydroxyl groups excluding tert-OH is 4. The molecule has 1 aromatic heterocycles. The monoisotopic (exact) mass is 300 g/mol. The normalized spacial score (nSPS) is 32.8. The van der Waals surface area contributed by atoms with Crippen LogP contribution in [0, 0.1) is 0 Å². The van der Waals surface area contributed by atoms with Crippen LogP contribution in [0.4, 0.5) is 11.6 Å². The van der Waals surface area contributed by atoms with Crippen molar-refractivity contribution in [1.29, 1.82) is 0 Å². The highest BCUT2D eigenvalue weighted by molar-refractivity contribution is 5.47. The fourth-order valence-electron chi connectivity index (χ4n) is 2.04. The van der Waals surface area contributed by atoms with E-state index in [4.69, 9.17) is 9.84 Å². The summed E-state index contributed by atoms with van der Waals surface area (Å²) >= 11 is 0. The second-order valence-electron chi connectivity index (χ2n) is 5.05. The maximum absolute atomic E-state index is 9.93. The molecule has 2 rings (SSSR count). The van der Waals surface area contributed by atoms with Crippen molar-refractivity contribution in [2.45, 2.75) is 30.6 Å². The third-order valence-corrected chi connectivity index (χ3v) is 3.29. The molecule has 0 amide bonds. The van der Waals surface area contributed by atoms with Gasteiger partial charge in [0, 0.05) is 20.2 Å². The van der Waals surface area contributed by atoms with Gasteiger partial charge >= 0.3 is 0 Å². The second-order valence-corrected chi connectivity index (χ2v) is 5.05. The largest absolute Gasteiger partial charge is 0.394 e. The molecule has 0 radical (unpaired) electrons. The van der Waals surface area contributed by atoms with Crippen LogP contribution in [0.25, 0.3) is 0 Å². The molecule has 0 unspecified atom stereocenters. The minimum atomic E-state index is -1.43. The topological polar surface area (TPSA) is 131 Å². The lowest BCUT2D eigenvalue weighted by Crippen LogP contribution is -2.60. The van der Waals surface area contributed by atoms with Gasteiger partial charge in [0.1, 0.15) is 42.4 Å². The van der Waals surface area contributed by atoms with E-state index in [0.717, 1.165) is 0 Å². The van der Waals surface area contributed by atoms with E-state index < -0.39 is 37.3 Å². The highest BCUT2D eigenvalue weighted by atomic mass is 16.6. The van der Waals surface area contributed by atoms with E-state index in [1.54, 1.807) is 11.0 Å². The van der Waals surface area contributed by atoms with Gasteiger partial charge in [0.15, 0.2) is 6.23 Å². The summed E-state index contributed by atoms with van der Waals surface area (Å²) in [6, 6.07) is 1.64. The Balaban J connectivity index is 2.12. The fourth-order valence-corrected chi connectivity index (χ4v) is 2.04. The summed E-state index contributed by atoms with van der Waals surface area (Å²) in [6.45, 7) is -0.476. The molecule has 1 aliphatic rings. The van der Waals surface area contributed by atoms with Gasteiger partial charge in [-0.1, -0.05) is 0 Å². The summed E-state index contributed by atoms with van der Waals surface area (Å²) in [5.74, 6) is 1.04. The molecule has 0 bridgehead atoms. The van der Waals surface area contributed by atoms with Crippen LogP contribution < -0.4 is 10.2 Å². The van der Waals surface area contributed by atoms with Crippen molar-refractivity contribution in [3.63, 3.8) is 0 Å². The first-order valence-electron chi connectivity index (χ1n) is 6.50. The quantitative estimate of drug-likeness (QED) is 0.418. The molecule has 2 heterocycles. The zero-order valence-electron chi connectivity index (χ0n) is 11.8. The first kappa shape index (κ1) is 15.9. The van der Waals surface area contributed by atoms with Crippen LogP contribution >= 0.6 is 0 Å². The second kappa shape index (κ2) is 6.50. The third-order valence-electron chi connectivity index (χ3n) is 3.29. The van der Waals surface area contributed by atoms with Crippen LogP contribution in [-0.4, -0.2) is 81.7 Å². The van der Waals surface area contributed by atoms with Crippen LogP contribution in [0.2, 0.25) is 0 Å². The Morgan fingerprint density at radius 1 is 1.19 bits per heavy atom. The van der Waals surface area contributed by atoms with Crippen LogP contribution in [0.15, 0.2) is 12.4 Å². The minimum absolute atomic E-state index is 0.387. The Morgan fingerprint density at radius 2 is 1.90 bits per heavy atom. The molecular weight excluding hydrogens is 280 g/mol. The number of hydrogen-bond donors (Lipinski definition) is 5. The molecule has 1 aliphatic heterocycles. The van der Waals surface area contributed by atoms with Gasteiger partial charge in [-0.25, -0.2) is 9.97 Å². The van der Waals surface area contributed by atoms with Crippen LogP contribution in [0.3, 0.4) is 0 Å². The molecule has 0 aliphatic carbocycles. The van der Waals surface area contributed by atoms with Gasteiger partial charge in [0.2, 0.25) is 0 Å². The van der Waals surface area contributed by atoms with Gasteiger partial charge in [0.25, 0.3) is 0 Å². The smallest absolute Gasteiger partial charge is 0.158 e. The van der Waals surface area contributed by atoms with Crippen molar-refractivity contribution in [3.8, 4) is 0 Å². The van der Waals surface area contributed by atoms with Gasteiger partial charge in [-0.05, 0) is 0 Å². The first-order valence-corrected chi connectivity index (χ1v) is 6.50. The summed E-state index contributed by atoms with van der Waals surface area (Å²) in [6.07, 6.45) is -4.79. The maximum Gasteiger partial charge on any atom is 0.158 e. The predicted octanol–water partition coefficient (Wildman–Crippen LogP) is -2.25. The fraction of sp³-hybridized carbons (Fsp3) is 0.667. The van der Waals surface area contributed by atoms with E-state index in [0.29, 0.717) is 11.6 Å². The molecule has 9 heteroatoms. The Morgan fingerprint density at radius 3 is 2.52 bits per heavy atom. The van der Waals surface area contributed by atoms with Gasteiger partial charge in [-0.3, -0.25) is 0 Å². The van der Waals surface area contributed by atoms with Gasteiger partial charge in [0.05, 0.1) is 6.61 Å². The summed E-state index contributed by atoms with van der Waals surface area (Å²) in [5.41, 5.74) is 0. The zero-order chi connectivity index (χ0) is 15.6. The number of ether oxygens (including phenoxy) is 1. The lowest BCUT2D eigenvalue weighted by Gasteiger charge is -2.40. The first-order chi connectivity index (χ1) is 9.93.